The van der Waals surface area contributed by atoms with E-state index in [1.54, 1.807) is 12.1 Å². The highest BCUT2D eigenvalue weighted by atomic mass is 19.4. The molecule has 0 bridgehead atoms. The molecule has 0 aliphatic carbocycles. The SMILES string of the molecule is CC(C)c1ccc2ccc([C@H](N3CCC(=O)N3)C(F)(F)F)cc2c1. The quantitative estimate of drug-likeness (QED) is 0.906. The number of carbonyl (C=O) groups excluding carboxylic acids is 1. The Morgan fingerprint density at radius 3 is 2.21 bits per heavy atom. The van der Waals surface area contributed by atoms with Gasteiger partial charge in [0.25, 0.3) is 0 Å². The fraction of sp³-hybridized carbons (Fsp3) is 0.389. The summed E-state index contributed by atoms with van der Waals surface area (Å²) in [5.74, 6) is -0.0820. The van der Waals surface area contributed by atoms with E-state index in [-0.39, 0.29) is 24.4 Å². The second kappa shape index (κ2) is 6.09. The van der Waals surface area contributed by atoms with Gasteiger partial charge in [-0.05, 0) is 33.9 Å². The number of halogens is 3. The van der Waals surface area contributed by atoms with Gasteiger partial charge in [0, 0.05) is 13.0 Å². The molecule has 3 rings (SSSR count). The Bertz CT molecular complexity index is 770. The minimum Gasteiger partial charge on any atom is -0.288 e. The molecular formula is C18H19F3N2O. The van der Waals surface area contributed by atoms with E-state index in [1.807, 2.05) is 32.0 Å². The molecule has 2 aromatic carbocycles. The maximum Gasteiger partial charge on any atom is 0.409 e. The van der Waals surface area contributed by atoms with Gasteiger partial charge in [-0.2, -0.15) is 13.2 Å². The van der Waals surface area contributed by atoms with Gasteiger partial charge in [0.05, 0.1) is 0 Å². The van der Waals surface area contributed by atoms with Gasteiger partial charge in [-0.3, -0.25) is 10.2 Å². The molecule has 1 aliphatic rings. The first kappa shape index (κ1) is 16.8. The van der Waals surface area contributed by atoms with Gasteiger partial charge in [0.15, 0.2) is 0 Å². The second-order valence-corrected chi connectivity index (χ2v) is 6.44. The Kier molecular flexibility index (Phi) is 4.25. The predicted molar refractivity (Wildman–Crippen MR) is 86.3 cm³/mol. The molecule has 1 amide bonds. The van der Waals surface area contributed by atoms with Crippen molar-refractivity contribution in [3.63, 3.8) is 0 Å². The van der Waals surface area contributed by atoms with Crippen molar-refractivity contribution in [3.05, 3.63) is 47.5 Å². The molecule has 0 radical (unpaired) electrons. The molecule has 0 saturated carbocycles. The van der Waals surface area contributed by atoms with Gasteiger partial charge < -0.3 is 0 Å². The molecule has 1 aliphatic heterocycles. The third-order valence-electron chi connectivity index (χ3n) is 4.34. The van der Waals surface area contributed by atoms with Crippen LogP contribution in [-0.4, -0.2) is 23.6 Å². The molecule has 24 heavy (non-hydrogen) atoms. The summed E-state index contributed by atoms with van der Waals surface area (Å²) in [4.78, 5) is 11.3. The van der Waals surface area contributed by atoms with E-state index in [9.17, 15) is 18.0 Å². The average Bonchev–Trinajstić information content (AvgIpc) is 2.91. The summed E-state index contributed by atoms with van der Waals surface area (Å²) in [6.07, 6.45) is -4.39. The third-order valence-corrected chi connectivity index (χ3v) is 4.34. The van der Waals surface area contributed by atoms with Crippen molar-refractivity contribution in [2.75, 3.05) is 6.54 Å². The van der Waals surface area contributed by atoms with Gasteiger partial charge in [0.1, 0.15) is 6.04 Å². The van der Waals surface area contributed by atoms with Gasteiger partial charge in [-0.15, -0.1) is 0 Å². The molecule has 1 saturated heterocycles. The number of fused-ring (bicyclic) bond motifs is 1. The number of benzene rings is 2. The number of nitrogens with one attached hydrogen (secondary N) is 1. The summed E-state index contributed by atoms with van der Waals surface area (Å²) < 4.78 is 40.8. The third kappa shape index (κ3) is 3.24. The number of nitrogens with zero attached hydrogens (tertiary/aromatic N) is 1. The molecule has 6 heteroatoms. The number of hydrogen-bond acceptors (Lipinski definition) is 2. The van der Waals surface area contributed by atoms with Crippen LogP contribution in [0.25, 0.3) is 10.8 Å². The molecular weight excluding hydrogens is 317 g/mol. The number of hydrogen-bond donors (Lipinski definition) is 1. The smallest absolute Gasteiger partial charge is 0.288 e. The molecule has 1 heterocycles. The lowest BCUT2D eigenvalue weighted by atomic mass is 9.96. The van der Waals surface area contributed by atoms with E-state index < -0.39 is 12.2 Å². The van der Waals surface area contributed by atoms with Crippen molar-refractivity contribution in [1.82, 2.24) is 10.4 Å². The van der Waals surface area contributed by atoms with Gasteiger partial charge in [-0.25, -0.2) is 5.01 Å². The highest BCUT2D eigenvalue weighted by Crippen LogP contribution is 2.39. The van der Waals surface area contributed by atoms with Crippen LogP contribution in [0.5, 0.6) is 0 Å². The normalized spacial score (nSPS) is 17.5. The van der Waals surface area contributed by atoms with Crippen LogP contribution in [0, 0.1) is 0 Å². The predicted octanol–water partition coefficient (Wildman–Crippen LogP) is 4.30. The lowest BCUT2D eigenvalue weighted by Gasteiger charge is -2.29. The van der Waals surface area contributed by atoms with Crippen molar-refractivity contribution >= 4 is 16.7 Å². The maximum atomic E-state index is 13.6. The van der Waals surface area contributed by atoms with E-state index in [0.29, 0.717) is 5.92 Å². The van der Waals surface area contributed by atoms with E-state index in [2.05, 4.69) is 5.43 Å². The molecule has 128 valence electrons. The zero-order valence-corrected chi connectivity index (χ0v) is 13.5. The number of hydrazine groups is 1. The Morgan fingerprint density at radius 1 is 1.04 bits per heavy atom. The summed E-state index contributed by atoms with van der Waals surface area (Å²) in [6, 6.07) is 8.77. The molecule has 3 nitrogen and oxygen atoms in total. The number of carbonyl (C=O) groups is 1. The fourth-order valence-corrected chi connectivity index (χ4v) is 3.05. The van der Waals surface area contributed by atoms with E-state index in [0.717, 1.165) is 21.3 Å². The lowest BCUT2D eigenvalue weighted by Crippen LogP contribution is -2.43. The monoisotopic (exact) mass is 336 g/mol. The van der Waals surface area contributed by atoms with Gasteiger partial charge in [0.2, 0.25) is 5.91 Å². The van der Waals surface area contributed by atoms with Crippen molar-refractivity contribution in [2.45, 2.75) is 38.4 Å². The minimum atomic E-state index is -4.47. The second-order valence-electron chi connectivity index (χ2n) is 6.44. The average molecular weight is 336 g/mol. The molecule has 0 spiro atoms. The zero-order valence-electron chi connectivity index (χ0n) is 13.5. The molecule has 1 N–H and O–H groups in total. The van der Waals surface area contributed by atoms with Crippen LogP contribution in [0.2, 0.25) is 0 Å². The van der Waals surface area contributed by atoms with Crippen molar-refractivity contribution in [3.8, 4) is 0 Å². The summed E-state index contributed by atoms with van der Waals surface area (Å²) in [6.45, 7) is 4.14. The topological polar surface area (TPSA) is 32.3 Å². The molecule has 0 unspecified atom stereocenters. The fourth-order valence-electron chi connectivity index (χ4n) is 3.05. The van der Waals surface area contributed by atoms with E-state index in [4.69, 9.17) is 0 Å². The zero-order chi connectivity index (χ0) is 17.5. The summed E-state index contributed by atoms with van der Waals surface area (Å²) >= 11 is 0. The lowest BCUT2D eigenvalue weighted by molar-refractivity contribution is -0.191. The highest BCUT2D eigenvalue weighted by Gasteiger charge is 2.46. The van der Waals surface area contributed by atoms with Crippen LogP contribution < -0.4 is 5.43 Å². The van der Waals surface area contributed by atoms with Crippen LogP contribution in [0.1, 0.15) is 43.4 Å². The summed E-state index contributed by atoms with van der Waals surface area (Å²) in [5, 5.41) is 2.66. The number of alkyl halides is 3. The molecule has 1 atom stereocenters. The van der Waals surface area contributed by atoms with Crippen molar-refractivity contribution < 1.29 is 18.0 Å². The van der Waals surface area contributed by atoms with Crippen molar-refractivity contribution in [1.29, 1.82) is 0 Å². The first-order valence-corrected chi connectivity index (χ1v) is 7.92. The Balaban J connectivity index is 2.05. The number of rotatable bonds is 3. The van der Waals surface area contributed by atoms with E-state index in [1.165, 1.54) is 6.07 Å². The van der Waals surface area contributed by atoms with Crippen LogP contribution in [0.3, 0.4) is 0 Å². The van der Waals surface area contributed by atoms with Gasteiger partial charge in [-0.1, -0.05) is 44.2 Å². The standard InChI is InChI=1S/C18H19F3N2O/c1-11(2)13-5-3-12-4-6-14(10-15(12)9-13)17(18(19,20)21)23-8-7-16(24)22-23/h3-6,9-11,17H,7-8H2,1-2H3,(H,22,24)/t17-/m0/s1. The van der Waals surface area contributed by atoms with Crippen LogP contribution in [-0.2, 0) is 4.79 Å². The van der Waals surface area contributed by atoms with Crippen LogP contribution in [0.15, 0.2) is 36.4 Å². The van der Waals surface area contributed by atoms with E-state index >= 15 is 0 Å². The Hall–Kier alpha value is -2.08. The largest absolute Gasteiger partial charge is 0.409 e. The van der Waals surface area contributed by atoms with Crippen molar-refractivity contribution in [2.24, 2.45) is 0 Å². The molecule has 1 fully saturated rings. The first-order valence-electron chi connectivity index (χ1n) is 7.92. The summed E-state index contributed by atoms with van der Waals surface area (Å²) in [7, 11) is 0. The van der Waals surface area contributed by atoms with Gasteiger partial charge >= 0.3 is 6.18 Å². The minimum absolute atomic E-state index is 0.0487. The first-order chi connectivity index (χ1) is 11.3. The Morgan fingerprint density at radius 2 is 1.67 bits per heavy atom. The maximum absolute atomic E-state index is 13.6. The highest BCUT2D eigenvalue weighted by molar-refractivity contribution is 5.84. The Labute approximate surface area is 138 Å². The van der Waals surface area contributed by atoms with Crippen LogP contribution in [0.4, 0.5) is 13.2 Å². The van der Waals surface area contributed by atoms with Crippen LogP contribution >= 0.6 is 0 Å². The summed E-state index contributed by atoms with van der Waals surface area (Å²) in [5.41, 5.74) is 3.53. The molecule has 2 aromatic rings. The molecule has 0 aromatic heterocycles. The number of amides is 1.